The molecule has 0 aliphatic carbocycles. The molecule has 1 aliphatic heterocycles. The zero-order valence-electron chi connectivity index (χ0n) is 17.4. The van der Waals surface area contributed by atoms with Crippen molar-refractivity contribution in [1.29, 1.82) is 0 Å². The predicted molar refractivity (Wildman–Crippen MR) is 117 cm³/mol. The van der Waals surface area contributed by atoms with Crippen molar-refractivity contribution in [3.8, 4) is 11.5 Å². The highest BCUT2D eigenvalue weighted by atomic mass is 19.1. The number of anilines is 1. The summed E-state index contributed by atoms with van der Waals surface area (Å²) in [6.07, 6.45) is 0. The van der Waals surface area contributed by atoms with Crippen molar-refractivity contribution >= 4 is 23.1 Å². The molecule has 1 amide bonds. The van der Waals surface area contributed by atoms with E-state index in [2.05, 4.69) is 0 Å². The van der Waals surface area contributed by atoms with E-state index in [4.69, 9.17) is 9.47 Å². The van der Waals surface area contributed by atoms with Gasteiger partial charge in [-0.1, -0.05) is 24.3 Å². The molecule has 0 bridgehead atoms. The van der Waals surface area contributed by atoms with E-state index in [1.165, 1.54) is 43.4 Å². The summed E-state index contributed by atoms with van der Waals surface area (Å²) < 4.78 is 23.9. The molecule has 162 valence electrons. The summed E-state index contributed by atoms with van der Waals surface area (Å²) in [7, 11) is 3.02. The largest absolute Gasteiger partial charge is 0.507 e. The van der Waals surface area contributed by atoms with E-state index in [-0.39, 0.29) is 11.3 Å². The molecule has 1 unspecified atom stereocenters. The third-order valence-corrected chi connectivity index (χ3v) is 5.32. The Balaban J connectivity index is 1.92. The van der Waals surface area contributed by atoms with Crippen molar-refractivity contribution in [3.05, 3.63) is 95.3 Å². The number of Topliss-reactive ketones (excluding diaryl/α,β-unsaturated/α-hetero) is 1. The first-order valence-electron chi connectivity index (χ1n) is 9.79. The van der Waals surface area contributed by atoms with Gasteiger partial charge in [0, 0.05) is 11.3 Å². The first kappa shape index (κ1) is 21.1. The number of ketones is 1. The average Bonchev–Trinajstić information content (AvgIpc) is 3.09. The third-order valence-electron chi connectivity index (χ3n) is 5.32. The van der Waals surface area contributed by atoms with E-state index in [0.29, 0.717) is 28.3 Å². The minimum atomic E-state index is -0.919. The molecule has 3 aromatic rings. The van der Waals surface area contributed by atoms with Crippen LogP contribution in [0.15, 0.2) is 78.4 Å². The molecular weight excluding hydrogens is 413 g/mol. The van der Waals surface area contributed by atoms with Crippen molar-refractivity contribution < 1.29 is 28.6 Å². The minimum absolute atomic E-state index is 0.0715. The standard InChI is InChI=1S/C25H20FNO5/c1-31-19-12-6-15(7-13-19)22-21(23(28)16-4-3-5-20(14-16)32-2)24(29)25(30)27(22)18-10-8-17(26)9-11-18/h3-14,22,28H,1-2H3/b23-21-. The van der Waals surface area contributed by atoms with E-state index in [1.807, 2.05) is 0 Å². The molecule has 1 saturated heterocycles. The topological polar surface area (TPSA) is 76.1 Å². The molecule has 1 atom stereocenters. The highest BCUT2D eigenvalue weighted by Gasteiger charge is 2.47. The van der Waals surface area contributed by atoms with Gasteiger partial charge in [-0.2, -0.15) is 0 Å². The molecule has 1 aliphatic rings. The number of rotatable bonds is 5. The van der Waals surface area contributed by atoms with E-state index < -0.39 is 23.5 Å². The maximum absolute atomic E-state index is 13.5. The van der Waals surface area contributed by atoms with Gasteiger partial charge in [0.2, 0.25) is 0 Å². The summed E-state index contributed by atoms with van der Waals surface area (Å²) in [5, 5.41) is 11.1. The fourth-order valence-corrected chi connectivity index (χ4v) is 3.73. The Morgan fingerprint density at radius 3 is 2.19 bits per heavy atom. The number of amides is 1. The van der Waals surface area contributed by atoms with Crippen molar-refractivity contribution in [2.75, 3.05) is 19.1 Å². The Hall–Kier alpha value is -4.13. The Morgan fingerprint density at radius 2 is 1.56 bits per heavy atom. The number of ether oxygens (including phenoxy) is 2. The van der Waals surface area contributed by atoms with Gasteiger partial charge >= 0.3 is 0 Å². The zero-order valence-corrected chi connectivity index (χ0v) is 17.4. The molecule has 0 spiro atoms. The summed E-state index contributed by atoms with van der Waals surface area (Å²) in [5.74, 6) is -1.36. The molecule has 1 N–H and O–H groups in total. The second-order valence-electron chi connectivity index (χ2n) is 7.15. The fraction of sp³-hybridized carbons (Fsp3) is 0.120. The number of carbonyl (C=O) groups excluding carboxylic acids is 2. The van der Waals surface area contributed by atoms with Gasteiger partial charge in [0.05, 0.1) is 25.8 Å². The lowest BCUT2D eigenvalue weighted by atomic mass is 9.95. The fourth-order valence-electron chi connectivity index (χ4n) is 3.73. The van der Waals surface area contributed by atoms with Crippen molar-refractivity contribution in [1.82, 2.24) is 0 Å². The number of benzene rings is 3. The first-order chi connectivity index (χ1) is 15.4. The van der Waals surface area contributed by atoms with Crippen LogP contribution in [0.25, 0.3) is 5.76 Å². The van der Waals surface area contributed by atoms with Crippen LogP contribution in [0.1, 0.15) is 17.2 Å². The maximum atomic E-state index is 13.5. The highest BCUT2D eigenvalue weighted by Crippen LogP contribution is 2.42. The molecule has 0 radical (unpaired) electrons. The number of halogens is 1. The van der Waals surface area contributed by atoms with Crippen molar-refractivity contribution in [2.45, 2.75) is 6.04 Å². The van der Waals surface area contributed by atoms with Crippen LogP contribution in [-0.2, 0) is 9.59 Å². The molecule has 6 nitrogen and oxygen atoms in total. The summed E-state index contributed by atoms with van der Waals surface area (Å²) in [5.41, 5.74) is 1.18. The summed E-state index contributed by atoms with van der Waals surface area (Å²) >= 11 is 0. The first-order valence-corrected chi connectivity index (χ1v) is 9.79. The number of carbonyl (C=O) groups is 2. The van der Waals surface area contributed by atoms with E-state index in [1.54, 1.807) is 48.5 Å². The number of aliphatic hydroxyl groups is 1. The van der Waals surface area contributed by atoms with Crippen molar-refractivity contribution in [2.24, 2.45) is 0 Å². The number of methoxy groups -OCH3 is 2. The SMILES string of the molecule is COc1ccc(C2/C(=C(/O)c3cccc(OC)c3)C(=O)C(=O)N2c2ccc(F)cc2)cc1. The van der Waals surface area contributed by atoms with Crippen LogP contribution >= 0.6 is 0 Å². The van der Waals surface area contributed by atoms with Gasteiger partial charge in [-0.05, 0) is 54.1 Å². The lowest BCUT2D eigenvalue weighted by Crippen LogP contribution is -2.29. The molecule has 1 heterocycles. The van der Waals surface area contributed by atoms with Gasteiger partial charge in [0.25, 0.3) is 11.7 Å². The second kappa shape index (κ2) is 8.55. The molecule has 1 fully saturated rings. The van der Waals surface area contributed by atoms with E-state index in [0.717, 1.165) is 0 Å². The van der Waals surface area contributed by atoms with Gasteiger partial charge < -0.3 is 14.6 Å². The highest BCUT2D eigenvalue weighted by molar-refractivity contribution is 6.51. The number of hydrogen-bond donors (Lipinski definition) is 1. The number of hydrogen-bond acceptors (Lipinski definition) is 5. The molecule has 0 aromatic heterocycles. The van der Waals surface area contributed by atoms with Crippen LogP contribution in [0, 0.1) is 5.82 Å². The quantitative estimate of drug-likeness (QED) is 0.365. The van der Waals surface area contributed by atoms with Crippen LogP contribution in [0.5, 0.6) is 11.5 Å². The van der Waals surface area contributed by atoms with E-state index >= 15 is 0 Å². The Labute approximate surface area is 184 Å². The third kappa shape index (κ3) is 3.69. The van der Waals surface area contributed by atoms with Crippen LogP contribution in [-0.4, -0.2) is 31.0 Å². The second-order valence-corrected chi connectivity index (χ2v) is 7.15. The van der Waals surface area contributed by atoms with Crippen LogP contribution < -0.4 is 14.4 Å². The molecular formula is C25H20FNO5. The van der Waals surface area contributed by atoms with Crippen LogP contribution in [0.2, 0.25) is 0 Å². The predicted octanol–water partition coefficient (Wildman–Crippen LogP) is 4.47. The molecule has 4 rings (SSSR count). The Morgan fingerprint density at radius 1 is 0.906 bits per heavy atom. The molecule has 0 saturated carbocycles. The van der Waals surface area contributed by atoms with Gasteiger partial charge in [-0.25, -0.2) is 4.39 Å². The van der Waals surface area contributed by atoms with Gasteiger partial charge in [0.15, 0.2) is 0 Å². The lowest BCUT2D eigenvalue weighted by molar-refractivity contribution is -0.132. The van der Waals surface area contributed by atoms with Gasteiger partial charge in [-0.15, -0.1) is 0 Å². The van der Waals surface area contributed by atoms with Gasteiger partial charge in [-0.3, -0.25) is 14.5 Å². The lowest BCUT2D eigenvalue weighted by Gasteiger charge is -2.25. The van der Waals surface area contributed by atoms with Crippen LogP contribution in [0.4, 0.5) is 10.1 Å². The normalized spacial score (nSPS) is 17.5. The molecule has 32 heavy (non-hydrogen) atoms. The average molecular weight is 433 g/mol. The monoisotopic (exact) mass is 433 g/mol. The number of aliphatic hydroxyl groups excluding tert-OH is 1. The summed E-state index contributed by atoms with van der Waals surface area (Å²) in [6.45, 7) is 0. The number of nitrogens with zero attached hydrogens (tertiary/aromatic N) is 1. The zero-order chi connectivity index (χ0) is 22.8. The van der Waals surface area contributed by atoms with Crippen molar-refractivity contribution in [3.63, 3.8) is 0 Å². The maximum Gasteiger partial charge on any atom is 0.300 e. The molecule has 3 aromatic carbocycles. The minimum Gasteiger partial charge on any atom is -0.507 e. The van der Waals surface area contributed by atoms with Crippen LogP contribution in [0.3, 0.4) is 0 Å². The smallest absolute Gasteiger partial charge is 0.300 e. The van der Waals surface area contributed by atoms with Gasteiger partial charge in [0.1, 0.15) is 23.1 Å². The summed E-state index contributed by atoms with van der Waals surface area (Å²) in [4.78, 5) is 27.4. The van der Waals surface area contributed by atoms with E-state index in [9.17, 15) is 19.1 Å². The Kier molecular flexibility index (Phi) is 5.64. The Bertz CT molecular complexity index is 1200. The molecule has 7 heteroatoms. The summed E-state index contributed by atoms with van der Waals surface area (Å²) in [6, 6.07) is 17.7.